The third-order valence-corrected chi connectivity index (χ3v) is 8.37. The second-order valence-corrected chi connectivity index (χ2v) is 11.0. The Bertz CT molecular complexity index is 1120. The average Bonchev–Trinajstić information content (AvgIpc) is 2.96. The van der Waals surface area contributed by atoms with Crippen LogP contribution in [0.1, 0.15) is 48.8 Å². The van der Waals surface area contributed by atoms with Crippen molar-refractivity contribution in [1.29, 1.82) is 0 Å². The van der Waals surface area contributed by atoms with Crippen LogP contribution in [0.4, 0.5) is 30.2 Å². The van der Waals surface area contributed by atoms with E-state index in [0.29, 0.717) is 44.3 Å². The molecule has 6 nitrogen and oxygen atoms in total. The highest BCUT2D eigenvalue weighted by atomic mass is 19.4. The van der Waals surface area contributed by atoms with E-state index in [1.165, 1.54) is 42.1 Å². The first-order valence-corrected chi connectivity index (χ1v) is 14.4. The van der Waals surface area contributed by atoms with Crippen molar-refractivity contribution in [2.24, 2.45) is 5.92 Å². The molecule has 0 aromatic heterocycles. The molecule has 0 radical (unpaired) electrons. The molecule has 2 saturated heterocycles. The maximum atomic E-state index is 13.8. The molecule has 212 valence electrons. The van der Waals surface area contributed by atoms with Gasteiger partial charge in [0.25, 0.3) is 0 Å². The molecule has 3 aliphatic rings. The van der Waals surface area contributed by atoms with Crippen molar-refractivity contribution in [3.63, 3.8) is 0 Å². The number of anilines is 3. The quantitative estimate of drug-likeness (QED) is 0.430. The number of piperidine rings is 1. The van der Waals surface area contributed by atoms with Crippen LogP contribution >= 0.6 is 0 Å². The zero-order valence-corrected chi connectivity index (χ0v) is 22.6. The van der Waals surface area contributed by atoms with Gasteiger partial charge in [-0.1, -0.05) is 12.1 Å². The van der Waals surface area contributed by atoms with Crippen molar-refractivity contribution in [2.75, 3.05) is 67.9 Å². The van der Waals surface area contributed by atoms with Crippen LogP contribution in [-0.4, -0.2) is 63.2 Å². The number of hydrogen-bond donors (Lipinski definition) is 3. The third kappa shape index (κ3) is 6.99. The molecule has 5 rings (SSSR count). The zero-order valence-electron chi connectivity index (χ0n) is 22.6. The lowest BCUT2D eigenvalue weighted by Gasteiger charge is -2.33. The number of rotatable bonds is 8. The van der Waals surface area contributed by atoms with Gasteiger partial charge in [-0.2, -0.15) is 13.2 Å². The molecular weight excluding hydrogens is 503 g/mol. The normalized spacial score (nSPS) is 18.5. The number of nitrogens with zero attached hydrogens (tertiary/aromatic N) is 2. The van der Waals surface area contributed by atoms with E-state index >= 15 is 0 Å². The average molecular weight is 544 g/mol. The van der Waals surface area contributed by atoms with Crippen molar-refractivity contribution in [1.82, 2.24) is 10.2 Å². The molecule has 0 saturated carbocycles. The molecular formula is C30H40F3N5O. The summed E-state index contributed by atoms with van der Waals surface area (Å²) in [4.78, 5) is 16.5. The molecule has 0 spiro atoms. The number of aryl methyl sites for hydroxylation is 1. The van der Waals surface area contributed by atoms with Gasteiger partial charge in [-0.05, 0) is 79.8 Å². The van der Waals surface area contributed by atoms with E-state index in [1.54, 1.807) is 17.0 Å². The van der Waals surface area contributed by atoms with E-state index in [-0.39, 0.29) is 18.0 Å². The van der Waals surface area contributed by atoms with Crippen LogP contribution in [0.2, 0.25) is 0 Å². The van der Waals surface area contributed by atoms with E-state index in [2.05, 4.69) is 34.1 Å². The fraction of sp³-hybridized carbons (Fsp3) is 0.567. The van der Waals surface area contributed by atoms with Gasteiger partial charge in [0.05, 0.1) is 5.56 Å². The van der Waals surface area contributed by atoms with Gasteiger partial charge in [-0.25, -0.2) is 0 Å². The Hall–Kier alpha value is -2.94. The second kappa shape index (κ2) is 12.5. The van der Waals surface area contributed by atoms with Gasteiger partial charge >= 0.3 is 6.18 Å². The number of likely N-dealkylation sites (tertiary alicyclic amines) is 1. The number of halogens is 3. The van der Waals surface area contributed by atoms with Gasteiger partial charge in [0, 0.05) is 75.8 Å². The molecule has 0 unspecified atom stereocenters. The second-order valence-electron chi connectivity index (χ2n) is 11.0. The maximum Gasteiger partial charge on any atom is 0.418 e. The van der Waals surface area contributed by atoms with Crippen LogP contribution in [0.3, 0.4) is 0 Å². The zero-order chi connectivity index (χ0) is 27.2. The molecule has 2 aliphatic heterocycles. The summed E-state index contributed by atoms with van der Waals surface area (Å²) in [5, 5.41) is 9.89. The maximum absolute atomic E-state index is 13.8. The highest BCUT2D eigenvalue weighted by Gasteiger charge is 2.35. The van der Waals surface area contributed by atoms with Crippen molar-refractivity contribution in [3.8, 4) is 0 Å². The van der Waals surface area contributed by atoms with Crippen molar-refractivity contribution < 1.29 is 18.0 Å². The van der Waals surface area contributed by atoms with Crippen LogP contribution in [0.15, 0.2) is 36.4 Å². The lowest BCUT2D eigenvalue weighted by atomic mass is 9.90. The highest BCUT2D eigenvalue weighted by Crippen LogP contribution is 2.38. The number of amides is 1. The minimum atomic E-state index is -4.44. The summed E-state index contributed by atoms with van der Waals surface area (Å²) in [7, 11) is 0. The monoisotopic (exact) mass is 543 g/mol. The van der Waals surface area contributed by atoms with E-state index in [4.69, 9.17) is 0 Å². The Labute approximate surface area is 229 Å². The van der Waals surface area contributed by atoms with E-state index in [1.807, 2.05) is 4.90 Å². The molecule has 2 aromatic carbocycles. The van der Waals surface area contributed by atoms with Crippen LogP contribution in [-0.2, 0) is 23.8 Å². The first-order valence-electron chi connectivity index (χ1n) is 14.4. The number of piperazine rings is 1. The standard InChI is InChI=1S/C30H40F3N5O/c31-30(32,33)26-20-24(8-9-28(26)37-18-14-34-15-19-37)35-13-10-29(39)38-16-11-22(12-17-38)21-36-27-7-3-5-23-4-1-2-6-25(23)27/h3,5,7-9,20,22,34-36H,1-2,4,6,10-19,21H2. The number of benzene rings is 2. The fourth-order valence-electron chi connectivity index (χ4n) is 6.11. The van der Waals surface area contributed by atoms with Crippen LogP contribution in [0.25, 0.3) is 0 Å². The summed E-state index contributed by atoms with van der Waals surface area (Å²) in [6.07, 6.45) is 2.60. The molecule has 0 atom stereocenters. The summed E-state index contributed by atoms with van der Waals surface area (Å²) in [5.74, 6) is 0.584. The topological polar surface area (TPSA) is 59.6 Å². The number of fused-ring (bicyclic) bond motifs is 1. The van der Waals surface area contributed by atoms with Crippen molar-refractivity contribution in [2.45, 2.75) is 51.1 Å². The highest BCUT2D eigenvalue weighted by molar-refractivity contribution is 5.77. The molecule has 3 N–H and O–H groups in total. The Morgan fingerprint density at radius 2 is 1.74 bits per heavy atom. The number of hydrogen-bond acceptors (Lipinski definition) is 5. The van der Waals surface area contributed by atoms with Gasteiger partial charge in [-0.15, -0.1) is 0 Å². The summed E-state index contributed by atoms with van der Waals surface area (Å²) < 4.78 is 41.4. The van der Waals surface area contributed by atoms with Gasteiger partial charge in [-0.3, -0.25) is 4.79 Å². The Morgan fingerprint density at radius 3 is 2.51 bits per heavy atom. The van der Waals surface area contributed by atoms with Gasteiger partial charge in [0.2, 0.25) is 5.91 Å². The van der Waals surface area contributed by atoms with Crippen molar-refractivity contribution in [3.05, 3.63) is 53.1 Å². The Balaban J connectivity index is 1.07. The molecule has 2 aromatic rings. The molecule has 2 fully saturated rings. The van der Waals surface area contributed by atoms with E-state index < -0.39 is 11.7 Å². The number of nitrogens with one attached hydrogen (secondary N) is 3. The molecule has 0 bridgehead atoms. The van der Waals surface area contributed by atoms with Crippen LogP contribution in [0.5, 0.6) is 0 Å². The molecule has 9 heteroatoms. The van der Waals surface area contributed by atoms with Crippen molar-refractivity contribution >= 4 is 23.0 Å². The summed E-state index contributed by atoms with van der Waals surface area (Å²) in [6.45, 7) is 5.13. The largest absolute Gasteiger partial charge is 0.418 e. The Kier molecular flexibility index (Phi) is 8.85. The van der Waals surface area contributed by atoms with Gasteiger partial charge in [0.1, 0.15) is 0 Å². The minimum Gasteiger partial charge on any atom is -0.385 e. The lowest BCUT2D eigenvalue weighted by molar-refractivity contribution is -0.137. The molecule has 1 aliphatic carbocycles. The van der Waals surface area contributed by atoms with E-state index in [9.17, 15) is 18.0 Å². The smallest absolute Gasteiger partial charge is 0.385 e. The number of alkyl halides is 3. The molecule has 1 amide bonds. The molecule has 39 heavy (non-hydrogen) atoms. The minimum absolute atomic E-state index is 0.0551. The first kappa shape index (κ1) is 27.6. The summed E-state index contributed by atoms with van der Waals surface area (Å²) in [5.41, 5.74) is 4.20. The van der Waals surface area contributed by atoms with Gasteiger partial charge < -0.3 is 25.8 Å². The number of carbonyl (C=O) groups excluding carboxylic acids is 1. The number of carbonyl (C=O) groups is 1. The predicted octanol–water partition coefficient (Wildman–Crippen LogP) is 5.15. The predicted molar refractivity (Wildman–Crippen MR) is 151 cm³/mol. The lowest BCUT2D eigenvalue weighted by Crippen LogP contribution is -2.44. The molecule has 2 heterocycles. The third-order valence-electron chi connectivity index (χ3n) is 8.37. The van der Waals surface area contributed by atoms with E-state index in [0.717, 1.165) is 38.9 Å². The van der Waals surface area contributed by atoms with Gasteiger partial charge in [0.15, 0.2) is 0 Å². The van der Waals surface area contributed by atoms with Crippen LogP contribution in [0, 0.1) is 5.92 Å². The fourth-order valence-corrected chi connectivity index (χ4v) is 6.11. The summed E-state index contributed by atoms with van der Waals surface area (Å²) in [6, 6.07) is 11.0. The van der Waals surface area contributed by atoms with Crippen LogP contribution < -0.4 is 20.9 Å². The summed E-state index contributed by atoms with van der Waals surface area (Å²) >= 11 is 0. The SMILES string of the molecule is O=C(CCNc1ccc(N2CCNCC2)c(C(F)(F)F)c1)N1CCC(CNc2cccc3c2CCCC3)CC1. The first-order chi connectivity index (χ1) is 18.9. The Morgan fingerprint density at radius 1 is 0.974 bits per heavy atom.